The van der Waals surface area contributed by atoms with E-state index in [2.05, 4.69) is 10.6 Å². The minimum absolute atomic E-state index is 0.0185. The molecule has 0 bridgehead atoms. The minimum Gasteiger partial charge on any atom is -0.399 e. The van der Waals surface area contributed by atoms with Crippen molar-refractivity contribution in [2.45, 2.75) is 129 Å². The second kappa shape index (κ2) is 22.5. The summed E-state index contributed by atoms with van der Waals surface area (Å²) in [6.45, 7) is 15.1. The van der Waals surface area contributed by atoms with Gasteiger partial charge in [0, 0.05) is 33.5 Å². The molecule has 58 heavy (non-hydrogen) atoms. The molecule has 2 rings (SSSR count). The number of hydrogen-bond donors (Lipinski definition) is 4. The highest BCUT2D eigenvalue weighted by atomic mass is 32.2. The highest BCUT2D eigenvalue weighted by molar-refractivity contribution is 7.89. The first-order valence-corrected chi connectivity index (χ1v) is 21.9. The Hall–Kier alpha value is -3.80. The van der Waals surface area contributed by atoms with Gasteiger partial charge in [-0.3, -0.25) is 33.6 Å². The maximum absolute atomic E-state index is 14.2. The lowest BCUT2D eigenvalue weighted by molar-refractivity contribution is -0.148. The van der Waals surface area contributed by atoms with Crippen LogP contribution in [0.5, 0.6) is 0 Å². The van der Waals surface area contributed by atoms with E-state index in [-0.39, 0.29) is 41.9 Å². The number of likely N-dealkylation sites (N-methyl/N-ethyl adjacent to an activating group) is 2. The Labute approximate surface area is 346 Å². The Kier molecular flexibility index (Phi) is 19.6. The summed E-state index contributed by atoms with van der Waals surface area (Å²) >= 11 is 0. The maximum Gasteiger partial charge on any atom is 0.255 e. The van der Waals surface area contributed by atoms with Crippen molar-refractivity contribution in [3.63, 3.8) is 0 Å². The van der Waals surface area contributed by atoms with Crippen LogP contribution in [0.4, 0.5) is 5.69 Å². The highest BCUT2D eigenvalue weighted by Gasteiger charge is 2.43. The average Bonchev–Trinajstić information content (AvgIpc) is 3.63. The smallest absolute Gasteiger partial charge is 0.255 e. The van der Waals surface area contributed by atoms with Gasteiger partial charge in [0.15, 0.2) is 0 Å². The van der Waals surface area contributed by atoms with Gasteiger partial charge in [0.05, 0.1) is 48.4 Å². The van der Waals surface area contributed by atoms with Crippen LogP contribution in [0.3, 0.4) is 0 Å². The van der Waals surface area contributed by atoms with E-state index in [4.69, 9.17) is 15.2 Å². The number of nitrogen functional groups attached to an aromatic ring is 1. The standard InChI is InChI=1S/C41H71N7O9S/c1-14-26(6)36(47(11)41(53)34(24(2)3)44-40(52)35(25(4)5)46(9)10)32(56-12)22-33(49)48-21-15-16-31(48)37(57-13)27(7)38(50)43-28(8)39(51)45-58(54,55)23-29-17-19-30(42)20-18-29/h17-20,24-28,31-32,34-37H,14-16,21-23,42H2,1-13H3,(H,43,50)(H,44,52)(H,45,51)/t26-,27+,28-,31-,32+,34-,35?,36-,37+/m0/s1. The molecule has 17 heteroatoms. The van der Waals surface area contributed by atoms with E-state index in [1.165, 1.54) is 21.1 Å². The summed E-state index contributed by atoms with van der Waals surface area (Å²) in [5.74, 6) is -3.72. The van der Waals surface area contributed by atoms with Gasteiger partial charge in [0.25, 0.3) is 5.91 Å². The number of nitrogens with one attached hydrogen (secondary N) is 3. The molecule has 0 aliphatic carbocycles. The van der Waals surface area contributed by atoms with E-state index >= 15 is 0 Å². The third-order valence-corrected chi connectivity index (χ3v) is 12.5. The second-order valence-corrected chi connectivity index (χ2v) is 18.4. The van der Waals surface area contributed by atoms with Crippen LogP contribution in [0.25, 0.3) is 0 Å². The Morgan fingerprint density at radius 1 is 0.879 bits per heavy atom. The number of hydrogen-bond acceptors (Lipinski definition) is 11. The van der Waals surface area contributed by atoms with Crippen LogP contribution < -0.4 is 21.1 Å². The Balaban J connectivity index is 2.21. The highest BCUT2D eigenvalue weighted by Crippen LogP contribution is 2.30. The molecule has 0 aromatic heterocycles. The average molecular weight is 838 g/mol. The summed E-state index contributed by atoms with van der Waals surface area (Å²) in [5, 5.41) is 5.61. The number of carbonyl (C=O) groups excluding carboxylic acids is 5. The second-order valence-electron chi connectivity index (χ2n) is 16.7. The SMILES string of the molecule is CC[C@H](C)[C@@H]([C@@H](CC(=O)N1CCC[C@H]1[C@H](OC)[C@@H](C)C(=O)N[C@@H](C)C(=O)NS(=O)(=O)Cc1ccc(N)cc1)OC)N(C)C(=O)[C@@H](NC(=O)C(C(C)C)N(C)C)C(C)C. The molecular weight excluding hydrogens is 767 g/mol. The fourth-order valence-electron chi connectivity index (χ4n) is 7.93. The zero-order chi connectivity index (χ0) is 44.2. The van der Waals surface area contributed by atoms with Gasteiger partial charge in [0.2, 0.25) is 33.7 Å². The van der Waals surface area contributed by atoms with Gasteiger partial charge in [0.1, 0.15) is 12.1 Å². The largest absolute Gasteiger partial charge is 0.399 e. The summed E-state index contributed by atoms with van der Waals surface area (Å²) < 4.78 is 39.2. The molecule has 5 N–H and O–H groups in total. The number of benzene rings is 1. The molecule has 1 aromatic carbocycles. The molecule has 1 aliphatic heterocycles. The van der Waals surface area contributed by atoms with Crippen molar-refractivity contribution >= 4 is 45.2 Å². The van der Waals surface area contributed by atoms with E-state index in [1.807, 2.05) is 65.3 Å². The number of carbonyl (C=O) groups is 5. The Morgan fingerprint density at radius 3 is 1.98 bits per heavy atom. The number of rotatable bonds is 22. The summed E-state index contributed by atoms with van der Waals surface area (Å²) in [6.07, 6.45) is 0.434. The number of sulfonamides is 1. The third kappa shape index (κ3) is 13.6. The first kappa shape index (κ1) is 50.3. The number of likely N-dealkylation sites (tertiary alicyclic amines) is 1. The number of ether oxygens (including phenoxy) is 2. The predicted octanol–water partition coefficient (Wildman–Crippen LogP) is 2.37. The first-order chi connectivity index (χ1) is 27.0. The van der Waals surface area contributed by atoms with Crippen molar-refractivity contribution in [2.75, 3.05) is 47.6 Å². The quantitative estimate of drug-likeness (QED) is 0.125. The molecular formula is C41H71N7O9S. The molecule has 330 valence electrons. The van der Waals surface area contributed by atoms with Crippen LogP contribution in [0, 0.1) is 23.7 Å². The van der Waals surface area contributed by atoms with Gasteiger partial charge in [-0.25, -0.2) is 8.42 Å². The Bertz CT molecular complexity index is 1630. The van der Waals surface area contributed by atoms with Crippen LogP contribution in [0.2, 0.25) is 0 Å². The van der Waals surface area contributed by atoms with E-state index < -0.39 is 75.9 Å². The summed E-state index contributed by atoms with van der Waals surface area (Å²) in [5.41, 5.74) is 6.58. The lowest BCUT2D eigenvalue weighted by atomic mass is 9.89. The maximum atomic E-state index is 14.2. The van der Waals surface area contributed by atoms with E-state index in [1.54, 1.807) is 48.0 Å². The van der Waals surface area contributed by atoms with Gasteiger partial charge in [-0.15, -0.1) is 0 Å². The van der Waals surface area contributed by atoms with Crippen LogP contribution in [-0.4, -0.2) is 137 Å². The molecule has 1 fully saturated rings. The lowest BCUT2D eigenvalue weighted by Gasteiger charge is -2.41. The normalized spacial score (nSPS) is 18.8. The zero-order valence-electron chi connectivity index (χ0n) is 36.9. The van der Waals surface area contributed by atoms with Gasteiger partial charge >= 0.3 is 0 Å². The number of nitrogens with two attached hydrogens (primary N) is 1. The van der Waals surface area contributed by atoms with E-state index in [0.29, 0.717) is 37.1 Å². The molecule has 0 saturated carbocycles. The summed E-state index contributed by atoms with van der Waals surface area (Å²) in [7, 11) is 4.27. The molecule has 9 atom stereocenters. The third-order valence-electron chi connectivity index (χ3n) is 11.3. The van der Waals surface area contributed by atoms with Crippen molar-refractivity contribution in [1.29, 1.82) is 0 Å². The number of anilines is 1. The van der Waals surface area contributed by atoms with Gasteiger partial charge in [-0.05, 0) is 69.3 Å². The number of methoxy groups -OCH3 is 2. The molecule has 1 aliphatic rings. The van der Waals surface area contributed by atoms with Crippen LogP contribution in [0.1, 0.15) is 86.6 Å². The van der Waals surface area contributed by atoms with E-state index in [0.717, 1.165) is 0 Å². The fourth-order valence-corrected chi connectivity index (χ4v) is 9.12. The van der Waals surface area contributed by atoms with Crippen molar-refractivity contribution < 1.29 is 41.9 Å². The first-order valence-electron chi connectivity index (χ1n) is 20.3. The van der Waals surface area contributed by atoms with Gasteiger partial charge in [-0.2, -0.15) is 0 Å². The van der Waals surface area contributed by atoms with Crippen molar-refractivity contribution in [1.82, 2.24) is 30.1 Å². The molecule has 1 aromatic rings. The summed E-state index contributed by atoms with van der Waals surface area (Å²) in [6, 6.07) is 2.81. The molecule has 0 radical (unpaired) electrons. The number of amides is 5. The molecule has 1 heterocycles. The van der Waals surface area contributed by atoms with Crippen molar-refractivity contribution in [3.8, 4) is 0 Å². The monoisotopic (exact) mass is 838 g/mol. The van der Waals surface area contributed by atoms with Crippen molar-refractivity contribution in [3.05, 3.63) is 29.8 Å². The molecule has 1 unspecified atom stereocenters. The minimum atomic E-state index is -4.07. The lowest BCUT2D eigenvalue weighted by Crippen LogP contribution is -2.59. The number of nitrogens with zero attached hydrogens (tertiary/aromatic N) is 3. The molecule has 0 spiro atoms. The zero-order valence-corrected chi connectivity index (χ0v) is 37.7. The Morgan fingerprint density at radius 2 is 1.48 bits per heavy atom. The van der Waals surface area contributed by atoms with Crippen molar-refractivity contribution in [2.24, 2.45) is 23.7 Å². The predicted molar refractivity (Wildman–Crippen MR) is 224 cm³/mol. The molecule has 1 saturated heterocycles. The molecule has 5 amide bonds. The van der Waals surface area contributed by atoms with Crippen LogP contribution >= 0.6 is 0 Å². The summed E-state index contributed by atoms with van der Waals surface area (Å²) in [4.78, 5) is 73.4. The fraction of sp³-hybridized carbons (Fsp3) is 0.732. The van der Waals surface area contributed by atoms with E-state index in [9.17, 15) is 32.4 Å². The topological polar surface area (TPSA) is 210 Å². The molecule has 16 nitrogen and oxygen atoms in total. The van der Waals surface area contributed by atoms with Gasteiger partial charge < -0.3 is 35.6 Å². The van der Waals surface area contributed by atoms with Gasteiger partial charge in [-0.1, -0.05) is 67.0 Å². The van der Waals surface area contributed by atoms with Crippen LogP contribution in [-0.2, 0) is 49.2 Å². The van der Waals surface area contributed by atoms with Crippen LogP contribution in [0.15, 0.2) is 24.3 Å².